The standard InChI is InChI=1S/C23H26F3N7O/c1-3-33-20(14-4-5-17(27-10-14)23(24,25)26)31-18-19(28-12-29-21(18)33)30-16-6-7-32(11-16)22(34)15-8-13(2)9-15/h4-5,10,12-13,15-16H,3,6-9,11H2,1-2H3,(H,28,29,30)/t13?,15?,16-/m0/s1. The fourth-order valence-corrected chi connectivity index (χ4v) is 4.89. The van der Waals surface area contributed by atoms with E-state index in [1.165, 1.54) is 18.6 Å². The number of pyridine rings is 1. The van der Waals surface area contributed by atoms with E-state index < -0.39 is 11.9 Å². The lowest BCUT2D eigenvalue weighted by Gasteiger charge is -2.34. The van der Waals surface area contributed by atoms with Crippen molar-refractivity contribution in [1.29, 1.82) is 0 Å². The van der Waals surface area contributed by atoms with Crippen molar-refractivity contribution in [3.8, 4) is 11.4 Å². The molecule has 8 nitrogen and oxygen atoms in total. The number of aryl methyl sites for hydroxylation is 1. The van der Waals surface area contributed by atoms with Crippen LogP contribution in [0.2, 0.25) is 0 Å². The Balaban J connectivity index is 1.38. The van der Waals surface area contributed by atoms with Crippen LogP contribution < -0.4 is 5.32 Å². The third-order valence-corrected chi connectivity index (χ3v) is 6.72. The van der Waals surface area contributed by atoms with Gasteiger partial charge in [0.25, 0.3) is 0 Å². The molecule has 3 aromatic heterocycles. The average Bonchev–Trinajstić information content (AvgIpc) is 3.41. The number of halogens is 3. The van der Waals surface area contributed by atoms with Crippen LogP contribution in [0.25, 0.3) is 22.6 Å². The van der Waals surface area contributed by atoms with E-state index in [0.29, 0.717) is 53.9 Å². The summed E-state index contributed by atoms with van der Waals surface area (Å²) >= 11 is 0. The summed E-state index contributed by atoms with van der Waals surface area (Å²) in [6, 6.07) is 2.36. The van der Waals surface area contributed by atoms with Gasteiger partial charge in [-0.3, -0.25) is 9.78 Å². The number of hydrogen-bond donors (Lipinski definition) is 1. The Bertz CT molecular complexity index is 1200. The van der Waals surface area contributed by atoms with E-state index >= 15 is 0 Å². The number of fused-ring (bicyclic) bond motifs is 1. The Morgan fingerprint density at radius 1 is 1.21 bits per heavy atom. The van der Waals surface area contributed by atoms with E-state index in [0.717, 1.165) is 25.3 Å². The quantitative estimate of drug-likeness (QED) is 0.603. The van der Waals surface area contributed by atoms with Crippen molar-refractivity contribution < 1.29 is 18.0 Å². The number of carbonyl (C=O) groups is 1. The molecule has 180 valence electrons. The molecular weight excluding hydrogens is 447 g/mol. The summed E-state index contributed by atoms with van der Waals surface area (Å²) in [5.74, 6) is 2.05. The molecule has 1 aliphatic carbocycles. The summed E-state index contributed by atoms with van der Waals surface area (Å²) in [4.78, 5) is 31.6. The van der Waals surface area contributed by atoms with Crippen molar-refractivity contribution in [2.45, 2.75) is 51.9 Å². The largest absolute Gasteiger partial charge is 0.433 e. The molecule has 2 fully saturated rings. The number of amides is 1. The molecule has 1 saturated heterocycles. The SMILES string of the molecule is CCn1c(-c2ccc(C(F)(F)F)nc2)nc2c(N[C@H]3CCN(C(=O)C4CC(C)C4)C3)ncnc21. The molecule has 0 aromatic carbocycles. The number of nitrogens with zero attached hydrogens (tertiary/aromatic N) is 6. The number of imidazole rings is 1. The van der Waals surface area contributed by atoms with Gasteiger partial charge in [-0.15, -0.1) is 0 Å². The van der Waals surface area contributed by atoms with Gasteiger partial charge in [-0.05, 0) is 44.2 Å². The lowest BCUT2D eigenvalue weighted by Crippen LogP contribution is -2.41. The van der Waals surface area contributed by atoms with E-state index in [9.17, 15) is 18.0 Å². The number of anilines is 1. The predicted molar refractivity (Wildman–Crippen MR) is 120 cm³/mol. The van der Waals surface area contributed by atoms with E-state index in [1.807, 2.05) is 16.4 Å². The lowest BCUT2D eigenvalue weighted by atomic mass is 9.75. The number of carbonyl (C=O) groups excluding carboxylic acids is 1. The lowest BCUT2D eigenvalue weighted by molar-refractivity contribution is -0.141. The molecule has 2 aliphatic rings. The summed E-state index contributed by atoms with van der Waals surface area (Å²) in [6.45, 7) is 5.93. The predicted octanol–water partition coefficient (Wildman–Crippen LogP) is 3.99. The highest BCUT2D eigenvalue weighted by atomic mass is 19.4. The number of aromatic nitrogens is 5. The second-order valence-corrected chi connectivity index (χ2v) is 9.19. The Kier molecular flexibility index (Phi) is 5.65. The molecule has 34 heavy (non-hydrogen) atoms. The summed E-state index contributed by atoms with van der Waals surface area (Å²) in [5.41, 5.74) is 0.640. The number of alkyl halides is 3. The van der Waals surface area contributed by atoms with E-state index in [-0.39, 0.29) is 17.9 Å². The van der Waals surface area contributed by atoms with Crippen LogP contribution in [0, 0.1) is 11.8 Å². The molecular formula is C23H26F3N7O. The summed E-state index contributed by atoms with van der Waals surface area (Å²) < 4.78 is 40.6. The van der Waals surface area contributed by atoms with Gasteiger partial charge in [0.1, 0.15) is 17.8 Å². The smallest absolute Gasteiger partial charge is 0.364 e. The molecule has 1 N–H and O–H groups in total. The highest BCUT2D eigenvalue weighted by molar-refractivity contribution is 5.86. The molecule has 1 atom stereocenters. The normalized spacial score (nSPS) is 22.7. The Labute approximate surface area is 194 Å². The second-order valence-electron chi connectivity index (χ2n) is 9.19. The first-order valence-electron chi connectivity index (χ1n) is 11.5. The minimum Gasteiger partial charge on any atom is -0.364 e. The van der Waals surface area contributed by atoms with Crippen LogP contribution in [0.3, 0.4) is 0 Å². The second kappa shape index (κ2) is 8.52. The Hall–Kier alpha value is -3.24. The fraction of sp³-hybridized carbons (Fsp3) is 0.522. The first kappa shape index (κ1) is 22.5. The maximum Gasteiger partial charge on any atom is 0.433 e. The van der Waals surface area contributed by atoms with Crippen molar-refractivity contribution in [3.05, 3.63) is 30.4 Å². The summed E-state index contributed by atoms with van der Waals surface area (Å²) in [5, 5.41) is 3.41. The molecule has 4 heterocycles. The molecule has 0 unspecified atom stereocenters. The van der Waals surface area contributed by atoms with Crippen LogP contribution in [0.5, 0.6) is 0 Å². The maximum atomic E-state index is 12.9. The third kappa shape index (κ3) is 4.07. The first-order valence-corrected chi connectivity index (χ1v) is 11.5. The topological polar surface area (TPSA) is 88.8 Å². The fourth-order valence-electron chi connectivity index (χ4n) is 4.89. The number of likely N-dealkylation sites (tertiary alicyclic amines) is 1. The minimum absolute atomic E-state index is 0.0440. The van der Waals surface area contributed by atoms with Crippen molar-refractivity contribution in [3.63, 3.8) is 0 Å². The monoisotopic (exact) mass is 473 g/mol. The van der Waals surface area contributed by atoms with Gasteiger partial charge in [-0.2, -0.15) is 13.2 Å². The highest BCUT2D eigenvalue weighted by Gasteiger charge is 2.37. The van der Waals surface area contributed by atoms with Crippen LogP contribution in [0.4, 0.5) is 19.0 Å². The average molecular weight is 474 g/mol. The molecule has 1 amide bonds. The van der Waals surface area contributed by atoms with E-state index in [1.54, 1.807) is 0 Å². The van der Waals surface area contributed by atoms with Crippen LogP contribution in [0.15, 0.2) is 24.7 Å². The van der Waals surface area contributed by atoms with Gasteiger partial charge in [0, 0.05) is 43.4 Å². The number of rotatable bonds is 5. The number of nitrogens with one attached hydrogen (secondary N) is 1. The molecule has 1 aliphatic heterocycles. The molecule has 1 saturated carbocycles. The van der Waals surface area contributed by atoms with Crippen molar-refractivity contribution in [2.24, 2.45) is 11.8 Å². The van der Waals surface area contributed by atoms with Crippen LogP contribution >= 0.6 is 0 Å². The van der Waals surface area contributed by atoms with Crippen molar-refractivity contribution >= 4 is 22.9 Å². The Morgan fingerprint density at radius 3 is 2.65 bits per heavy atom. The molecule has 0 radical (unpaired) electrons. The molecule has 5 rings (SSSR count). The van der Waals surface area contributed by atoms with E-state index in [4.69, 9.17) is 0 Å². The van der Waals surface area contributed by atoms with Gasteiger partial charge in [0.15, 0.2) is 17.0 Å². The Morgan fingerprint density at radius 2 is 2.00 bits per heavy atom. The zero-order valence-corrected chi connectivity index (χ0v) is 19.0. The van der Waals surface area contributed by atoms with Crippen molar-refractivity contribution in [1.82, 2.24) is 29.4 Å². The van der Waals surface area contributed by atoms with Gasteiger partial charge in [0.05, 0.1) is 0 Å². The molecule has 3 aromatic rings. The van der Waals surface area contributed by atoms with Crippen LogP contribution in [-0.2, 0) is 17.5 Å². The van der Waals surface area contributed by atoms with Gasteiger partial charge in [0.2, 0.25) is 5.91 Å². The highest BCUT2D eigenvalue weighted by Crippen LogP contribution is 2.35. The van der Waals surface area contributed by atoms with Gasteiger partial charge < -0.3 is 14.8 Å². The van der Waals surface area contributed by atoms with Gasteiger partial charge in [-0.25, -0.2) is 15.0 Å². The maximum absolute atomic E-state index is 12.9. The summed E-state index contributed by atoms with van der Waals surface area (Å²) in [7, 11) is 0. The molecule has 0 bridgehead atoms. The van der Waals surface area contributed by atoms with Crippen molar-refractivity contribution in [2.75, 3.05) is 18.4 Å². The van der Waals surface area contributed by atoms with E-state index in [2.05, 4.69) is 32.2 Å². The van der Waals surface area contributed by atoms with Gasteiger partial charge >= 0.3 is 6.18 Å². The first-order chi connectivity index (χ1) is 16.2. The zero-order chi connectivity index (χ0) is 24.0. The zero-order valence-electron chi connectivity index (χ0n) is 19.0. The third-order valence-electron chi connectivity index (χ3n) is 6.72. The minimum atomic E-state index is -4.50. The van der Waals surface area contributed by atoms with Gasteiger partial charge in [-0.1, -0.05) is 6.92 Å². The molecule has 0 spiro atoms. The molecule has 11 heteroatoms. The number of hydrogen-bond acceptors (Lipinski definition) is 6. The summed E-state index contributed by atoms with van der Waals surface area (Å²) in [6.07, 6.45) is 0.870. The van der Waals surface area contributed by atoms with Crippen LogP contribution in [0.1, 0.15) is 38.8 Å². The van der Waals surface area contributed by atoms with Crippen LogP contribution in [-0.4, -0.2) is 54.4 Å².